The number of fused-ring (bicyclic) bond motifs is 1. The minimum absolute atomic E-state index is 0.585. The second-order valence-corrected chi connectivity index (χ2v) is 5.26. The monoisotopic (exact) mass is 314 g/mol. The van der Waals surface area contributed by atoms with Gasteiger partial charge in [-0.1, -0.05) is 17.7 Å². The molecule has 3 rings (SSSR count). The highest BCUT2D eigenvalue weighted by Crippen LogP contribution is 2.38. The number of nitrogens with zero attached hydrogens (tertiary/aromatic N) is 1. The largest absolute Gasteiger partial charge is 0.493 e. The fourth-order valence-corrected chi connectivity index (χ4v) is 2.67. The van der Waals surface area contributed by atoms with Gasteiger partial charge in [-0.15, -0.1) is 0 Å². The molecular formula is C17H15ClN2O2. The molecule has 4 nitrogen and oxygen atoms in total. The summed E-state index contributed by atoms with van der Waals surface area (Å²) in [4.78, 5) is 4.34. The van der Waals surface area contributed by atoms with Crippen LogP contribution >= 0.6 is 11.6 Å². The summed E-state index contributed by atoms with van der Waals surface area (Å²) in [6, 6.07) is 11.2. The zero-order valence-electron chi connectivity index (χ0n) is 12.3. The molecule has 0 fully saturated rings. The number of methoxy groups -OCH3 is 2. The van der Waals surface area contributed by atoms with Gasteiger partial charge in [0.05, 0.1) is 31.6 Å². The van der Waals surface area contributed by atoms with Crippen molar-refractivity contribution in [3.63, 3.8) is 0 Å². The molecule has 0 aliphatic heterocycles. The van der Waals surface area contributed by atoms with Gasteiger partial charge < -0.3 is 15.2 Å². The van der Waals surface area contributed by atoms with Crippen LogP contribution in [0, 0.1) is 0 Å². The van der Waals surface area contributed by atoms with E-state index in [-0.39, 0.29) is 0 Å². The summed E-state index contributed by atoms with van der Waals surface area (Å²) in [5.41, 5.74) is 9.38. The molecule has 1 heterocycles. The van der Waals surface area contributed by atoms with E-state index in [1.54, 1.807) is 20.4 Å². The molecule has 0 radical (unpaired) electrons. The lowest BCUT2D eigenvalue weighted by molar-refractivity contribution is 0.355. The van der Waals surface area contributed by atoms with Crippen LogP contribution in [0.2, 0.25) is 5.02 Å². The molecule has 1 aromatic heterocycles. The van der Waals surface area contributed by atoms with Crippen molar-refractivity contribution in [2.75, 3.05) is 20.0 Å². The SMILES string of the molecule is COc1ccc(-c2c(N)cnc3ccc(Cl)cc23)cc1OC. The van der Waals surface area contributed by atoms with Gasteiger partial charge >= 0.3 is 0 Å². The summed E-state index contributed by atoms with van der Waals surface area (Å²) in [6.45, 7) is 0. The maximum Gasteiger partial charge on any atom is 0.161 e. The van der Waals surface area contributed by atoms with Crippen LogP contribution in [0.5, 0.6) is 11.5 Å². The number of ether oxygens (including phenoxy) is 2. The lowest BCUT2D eigenvalue weighted by Crippen LogP contribution is -1.95. The van der Waals surface area contributed by atoms with E-state index in [0.29, 0.717) is 22.2 Å². The van der Waals surface area contributed by atoms with Crippen molar-refractivity contribution in [1.29, 1.82) is 0 Å². The minimum Gasteiger partial charge on any atom is -0.493 e. The van der Waals surface area contributed by atoms with Crippen molar-refractivity contribution < 1.29 is 9.47 Å². The lowest BCUT2D eigenvalue weighted by atomic mass is 9.99. The second-order valence-electron chi connectivity index (χ2n) is 4.82. The average molecular weight is 315 g/mol. The van der Waals surface area contributed by atoms with Crippen LogP contribution in [0.15, 0.2) is 42.6 Å². The van der Waals surface area contributed by atoms with Crippen LogP contribution in [0.3, 0.4) is 0 Å². The Morgan fingerprint density at radius 2 is 1.77 bits per heavy atom. The molecule has 0 saturated heterocycles. The number of nitrogens with two attached hydrogens (primary N) is 1. The first-order valence-corrected chi connectivity index (χ1v) is 7.08. The van der Waals surface area contributed by atoms with Crippen LogP contribution in [0.1, 0.15) is 0 Å². The first-order chi connectivity index (χ1) is 10.6. The molecule has 0 saturated carbocycles. The highest BCUT2D eigenvalue weighted by Gasteiger charge is 2.12. The average Bonchev–Trinajstić information content (AvgIpc) is 2.54. The molecule has 22 heavy (non-hydrogen) atoms. The van der Waals surface area contributed by atoms with Gasteiger partial charge in [-0.3, -0.25) is 4.98 Å². The van der Waals surface area contributed by atoms with Gasteiger partial charge in [0, 0.05) is 16.0 Å². The molecule has 0 bridgehead atoms. The fourth-order valence-electron chi connectivity index (χ4n) is 2.49. The van der Waals surface area contributed by atoms with Crippen LogP contribution in [0.4, 0.5) is 5.69 Å². The third-order valence-electron chi connectivity index (χ3n) is 3.53. The molecule has 0 unspecified atom stereocenters. The number of hydrogen-bond donors (Lipinski definition) is 1. The number of nitrogen functional groups attached to an aromatic ring is 1. The standard InChI is InChI=1S/C17H15ClN2O2/c1-21-15-6-3-10(7-16(15)22-2)17-12-8-11(18)4-5-14(12)20-9-13(17)19/h3-9H,19H2,1-2H3. The Balaban J connectivity index is 2.29. The number of hydrogen-bond acceptors (Lipinski definition) is 4. The quantitative estimate of drug-likeness (QED) is 0.789. The zero-order chi connectivity index (χ0) is 15.7. The maximum atomic E-state index is 6.15. The van der Waals surface area contributed by atoms with Gasteiger partial charge in [0.2, 0.25) is 0 Å². The van der Waals surface area contributed by atoms with E-state index in [4.69, 9.17) is 26.8 Å². The Bertz CT molecular complexity index is 844. The number of benzene rings is 2. The van der Waals surface area contributed by atoms with Crippen LogP contribution in [0.25, 0.3) is 22.0 Å². The van der Waals surface area contributed by atoms with Gasteiger partial charge in [0.15, 0.2) is 11.5 Å². The highest BCUT2D eigenvalue weighted by atomic mass is 35.5. The molecule has 112 valence electrons. The Labute approximate surface area is 133 Å². The maximum absolute atomic E-state index is 6.15. The zero-order valence-corrected chi connectivity index (χ0v) is 13.0. The normalized spacial score (nSPS) is 10.7. The highest BCUT2D eigenvalue weighted by molar-refractivity contribution is 6.31. The van der Waals surface area contributed by atoms with Crippen molar-refractivity contribution in [3.05, 3.63) is 47.6 Å². The number of rotatable bonds is 3. The second kappa shape index (κ2) is 5.73. The number of halogens is 1. The Morgan fingerprint density at radius 3 is 2.50 bits per heavy atom. The van der Waals surface area contributed by atoms with Gasteiger partial charge in [-0.2, -0.15) is 0 Å². The van der Waals surface area contributed by atoms with Crippen molar-refractivity contribution in [2.24, 2.45) is 0 Å². The Morgan fingerprint density at radius 1 is 1.00 bits per heavy atom. The molecule has 0 spiro atoms. The Hall–Kier alpha value is -2.46. The van der Waals surface area contributed by atoms with E-state index >= 15 is 0 Å². The fraction of sp³-hybridized carbons (Fsp3) is 0.118. The van der Waals surface area contributed by atoms with Gasteiger partial charge in [-0.25, -0.2) is 0 Å². The number of aromatic nitrogens is 1. The van der Waals surface area contributed by atoms with E-state index in [2.05, 4.69) is 4.98 Å². The molecule has 2 N–H and O–H groups in total. The summed E-state index contributed by atoms with van der Waals surface area (Å²) in [5.74, 6) is 1.31. The molecule has 0 aliphatic carbocycles. The van der Waals surface area contributed by atoms with Gasteiger partial charge in [0.25, 0.3) is 0 Å². The summed E-state index contributed by atoms with van der Waals surface area (Å²) in [5, 5.41) is 1.54. The summed E-state index contributed by atoms with van der Waals surface area (Å²) < 4.78 is 10.6. The number of anilines is 1. The van der Waals surface area contributed by atoms with Crippen molar-refractivity contribution in [1.82, 2.24) is 4.98 Å². The molecule has 0 amide bonds. The molecule has 0 atom stereocenters. The van der Waals surface area contributed by atoms with E-state index in [1.807, 2.05) is 36.4 Å². The van der Waals surface area contributed by atoms with Gasteiger partial charge in [0.1, 0.15) is 0 Å². The first kappa shape index (κ1) is 14.5. The third kappa shape index (κ3) is 2.42. The Kier molecular flexibility index (Phi) is 3.77. The third-order valence-corrected chi connectivity index (χ3v) is 3.77. The van der Waals surface area contributed by atoms with Crippen molar-refractivity contribution in [3.8, 4) is 22.6 Å². The van der Waals surface area contributed by atoms with Crippen LogP contribution < -0.4 is 15.2 Å². The summed E-state index contributed by atoms with van der Waals surface area (Å²) >= 11 is 6.12. The molecule has 0 aliphatic rings. The van der Waals surface area contributed by atoms with Crippen LogP contribution in [-0.4, -0.2) is 19.2 Å². The summed E-state index contributed by atoms with van der Waals surface area (Å²) in [7, 11) is 3.21. The predicted octanol–water partition coefficient (Wildman–Crippen LogP) is 4.15. The lowest BCUT2D eigenvalue weighted by Gasteiger charge is -2.13. The topological polar surface area (TPSA) is 57.4 Å². The molecule has 5 heteroatoms. The number of pyridine rings is 1. The molecule has 3 aromatic rings. The van der Waals surface area contributed by atoms with Crippen molar-refractivity contribution >= 4 is 28.2 Å². The minimum atomic E-state index is 0.585. The first-order valence-electron chi connectivity index (χ1n) is 6.70. The van der Waals surface area contributed by atoms with E-state index in [0.717, 1.165) is 22.0 Å². The molecule has 2 aromatic carbocycles. The van der Waals surface area contributed by atoms with Crippen molar-refractivity contribution in [2.45, 2.75) is 0 Å². The van der Waals surface area contributed by atoms with Crippen LogP contribution in [-0.2, 0) is 0 Å². The van der Waals surface area contributed by atoms with E-state index in [1.165, 1.54) is 0 Å². The van der Waals surface area contributed by atoms with Gasteiger partial charge in [-0.05, 0) is 35.9 Å². The predicted molar refractivity (Wildman–Crippen MR) is 89.7 cm³/mol. The van der Waals surface area contributed by atoms with E-state index in [9.17, 15) is 0 Å². The van der Waals surface area contributed by atoms with E-state index < -0.39 is 0 Å². The smallest absolute Gasteiger partial charge is 0.161 e. The molecular weight excluding hydrogens is 300 g/mol. The summed E-state index contributed by atoms with van der Waals surface area (Å²) in [6.07, 6.45) is 1.66.